The number of nitrogens with zero attached hydrogens (tertiary/aromatic N) is 1. The van der Waals surface area contributed by atoms with Crippen LogP contribution in [0.2, 0.25) is 5.02 Å². The van der Waals surface area contributed by atoms with Gasteiger partial charge in [0.25, 0.3) is 5.91 Å². The van der Waals surface area contributed by atoms with E-state index in [9.17, 15) is 4.79 Å². The van der Waals surface area contributed by atoms with Gasteiger partial charge >= 0.3 is 0 Å². The van der Waals surface area contributed by atoms with E-state index in [1.54, 1.807) is 13.2 Å². The number of ether oxygens (including phenoxy) is 2. The monoisotopic (exact) mass is 556 g/mol. The lowest BCUT2D eigenvalue weighted by atomic mass is 10.1. The van der Waals surface area contributed by atoms with Gasteiger partial charge in [-0.1, -0.05) is 51.8 Å². The molecule has 0 spiro atoms. The van der Waals surface area contributed by atoms with Crippen LogP contribution in [0.3, 0.4) is 0 Å². The number of carbonyl (C=O) groups is 1. The lowest BCUT2D eigenvalue weighted by Gasteiger charge is -2.12. The van der Waals surface area contributed by atoms with Crippen molar-refractivity contribution in [2.24, 2.45) is 4.99 Å². The first-order valence-corrected chi connectivity index (χ1v) is 12.4. The lowest BCUT2D eigenvalue weighted by Crippen LogP contribution is -2.19. The fraction of sp³-hybridized carbons (Fsp3) is 0.154. The topological polar surface area (TPSA) is 59.9 Å². The Balaban J connectivity index is 1.51. The van der Waals surface area contributed by atoms with Gasteiger partial charge in [0.2, 0.25) is 0 Å². The third-order valence-corrected chi connectivity index (χ3v) is 7.66. The normalized spacial score (nSPS) is 15.6. The van der Waals surface area contributed by atoms with Gasteiger partial charge in [-0.25, -0.2) is 4.99 Å². The average Bonchev–Trinajstić information content (AvgIpc) is 3.15. The smallest absolute Gasteiger partial charge is 0.264 e. The minimum Gasteiger partial charge on any atom is -0.493 e. The predicted octanol–water partition coefficient (Wildman–Crippen LogP) is 7.20. The Morgan fingerprint density at radius 1 is 1.09 bits per heavy atom. The summed E-state index contributed by atoms with van der Waals surface area (Å²) in [6.07, 6.45) is 1.81. The van der Waals surface area contributed by atoms with E-state index in [-0.39, 0.29) is 5.91 Å². The third-order valence-electron chi connectivity index (χ3n) is 5.13. The molecular formula is C26H22BrClN2O3S. The molecule has 1 saturated heterocycles. The number of amides is 1. The number of benzene rings is 3. The summed E-state index contributed by atoms with van der Waals surface area (Å²) in [5.41, 5.74) is 4.68. The Bertz CT molecular complexity index is 1300. The summed E-state index contributed by atoms with van der Waals surface area (Å²) in [6.45, 7) is 4.35. The molecule has 1 aliphatic heterocycles. The first kappa shape index (κ1) is 24.4. The Kier molecular flexibility index (Phi) is 7.66. The molecular weight excluding hydrogens is 536 g/mol. The van der Waals surface area contributed by atoms with Crippen LogP contribution in [-0.2, 0) is 11.4 Å². The highest BCUT2D eigenvalue weighted by Crippen LogP contribution is 2.34. The van der Waals surface area contributed by atoms with E-state index in [0.717, 1.165) is 32.4 Å². The van der Waals surface area contributed by atoms with Crippen LogP contribution in [0.25, 0.3) is 6.08 Å². The molecule has 34 heavy (non-hydrogen) atoms. The second-order valence-corrected chi connectivity index (χ2v) is 9.90. The molecule has 4 rings (SSSR count). The molecule has 174 valence electrons. The van der Waals surface area contributed by atoms with E-state index in [4.69, 9.17) is 21.1 Å². The van der Waals surface area contributed by atoms with Crippen molar-refractivity contribution in [1.82, 2.24) is 5.32 Å². The maximum absolute atomic E-state index is 12.5. The number of hydrogen-bond acceptors (Lipinski definition) is 5. The van der Waals surface area contributed by atoms with Crippen LogP contribution in [0.1, 0.15) is 22.3 Å². The van der Waals surface area contributed by atoms with Gasteiger partial charge in [-0.05, 0) is 78.7 Å². The first-order chi connectivity index (χ1) is 16.3. The SMILES string of the molecule is COc1cc(/C=C2\SC(=Nc3cc(C)c(Br)c(C)c3)NC2=O)ccc1OCc1ccccc1Cl. The van der Waals surface area contributed by atoms with Crippen LogP contribution in [0.5, 0.6) is 11.5 Å². The summed E-state index contributed by atoms with van der Waals surface area (Å²) in [5.74, 6) is 0.975. The van der Waals surface area contributed by atoms with Gasteiger partial charge < -0.3 is 14.8 Å². The van der Waals surface area contributed by atoms with Crippen molar-refractivity contribution in [3.8, 4) is 11.5 Å². The fourth-order valence-electron chi connectivity index (χ4n) is 3.40. The molecule has 0 saturated carbocycles. The molecule has 1 N–H and O–H groups in total. The maximum Gasteiger partial charge on any atom is 0.264 e. The third kappa shape index (κ3) is 5.66. The van der Waals surface area contributed by atoms with E-state index in [2.05, 4.69) is 26.2 Å². The molecule has 3 aromatic carbocycles. The molecule has 0 atom stereocenters. The standard InChI is InChI=1S/C26H22BrClN2O3S/c1-15-10-19(11-16(2)24(15)27)29-26-30-25(31)23(34-26)13-17-8-9-21(22(12-17)32-3)33-14-18-6-4-5-7-20(18)28/h4-13H,14H2,1-3H3,(H,29,30,31)/b23-13-. The molecule has 3 aromatic rings. The fourth-order valence-corrected chi connectivity index (χ4v) is 4.66. The first-order valence-electron chi connectivity index (χ1n) is 10.4. The van der Waals surface area contributed by atoms with Crippen LogP contribution < -0.4 is 14.8 Å². The lowest BCUT2D eigenvalue weighted by molar-refractivity contribution is -0.115. The van der Waals surface area contributed by atoms with Crippen molar-refractivity contribution in [3.63, 3.8) is 0 Å². The Labute approximate surface area is 216 Å². The molecule has 8 heteroatoms. The van der Waals surface area contributed by atoms with Crippen LogP contribution in [0.4, 0.5) is 5.69 Å². The zero-order valence-corrected chi connectivity index (χ0v) is 22.0. The number of amidine groups is 1. The number of thioether (sulfide) groups is 1. The Morgan fingerprint density at radius 3 is 2.53 bits per heavy atom. The quantitative estimate of drug-likeness (QED) is 0.326. The molecule has 1 aliphatic rings. The highest BCUT2D eigenvalue weighted by Gasteiger charge is 2.24. The summed E-state index contributed by atoms with van der Waals surface area (Å²) in [7, 11) is 1.58. The van der Waals surface area contributed by atoms with Crippen molar-refractivity contribution in [1.29, 1.82) is 0 Å². The summed E-state index contributed by atoms with van der Waals surface area (Å²) in [6, 6.07) is 17.0. The van der Waals surface area contributed by atoms with Crippen molar-refractivity contribution in [2.45, 2.75) is 20.5 Å². The molecule has 0 aliphatic carbocycles. The molecule has 0 aromatic heterocycles. The van der Waals surface area contributed by atoms with Gasteiger partial charge in [0.1, 0.15) is 6.61 Å². The molecule has 1 fully saturated rings. The van der Waals surface area contributed by atoms with Gasteiger partial charge in [-0.15, -0.1) is 0 Å². The van der Waals surface area contributed by atoms with Crippen LogP contribution >= 0.6 is 39.3 Å². The van der Waals surface area contributed by atoms with Gasteiger partial charge in [-0.2, -0.15) is 0 Å². The number of methoxy groups -OCH3 is 1. The van der Waals surface area contributed by atoms with Crippen LogP contribution in [0.15, 0.2) is 69.0 Å². The number of aryl methyl sites for hydroxylation is 2. The number of carbonyl (C=O) groups excluding carboxylic acids is 1. The molecule has 1 heterocycles. The van der Waals surface area contributed by atoms with Crippen molar-refractivity contribution in [2.75, 3.05) is 7.11 Å². The summed E-state index contributed by atoms with van der Waals surface area (Å²) >= 11 is 11.1. The van der Waals surface area contributed by atoms with Gasteiger partial charge in [0, 0.05) is 15.1 Å². The summed E-state index contributed by atoms with van der Waals surface area (Å²) in [4.78, 5) is 17.7. The number of nitrogens with one attached hydrogen (secondary N) is 1. The van der Waals surface area contributed by atoms with E-state index in [1.807, 2.05) is 68.4 Å². The zero-order chi connectivity index (χ0) is 24.2. The van der Waals surface area contributed by atoms with Crippen LogP contribution in [-0.4, -0.2) is 18.2 Å². The second-order valence-electron chi connectivity index (χ2n) is 7.67. The molecule has 0 bridgehead atoms. The van der Waals surface area contributed by atoms with E-state index >= 15 is 0 Å². The summed E-state index contributed by atoms with van der Waals surface area (Å²) < 4.78 is 12.5. The summed E-state index contributed by atoms with van der Waals surface area (Å²) in [5, 5.41) is 4.03. The van der Waals surface area contributed by atoms with Gasteiger partial charge in [-0.3, -0.25) is 4.79 Å². The van der Waals surface area contributed by atoms with E-state index < -0.39 is 0 Å². The minimum absolute atomic E-state index is 0.188. The van der Waals surface area contributed by atoms with Crippen LogP contribution in [0, 0.1) is 13.8 Å². The average molecular weight is 558 g/mol. The molecule has 5 nitrogen and oxygen atoms in total. The largest absolute Gasteiger partial charge is 0.493 e. The van der Waals surface area contributed by atoms with Gasteiger partial charge in [0.05, 0.1) is 17.7 Å². The highest BCUT2D eigenvalue weighted by atomic mass is 79.9. The minimum atomic E-state index is -0.188. The highest BCUT2D eigenvalue weighted by molar-refractivity contribution is 9.10. The Morgan fingerprint density at radius 2 is 1.82 bits per heavy atom. The number of halogens is 2. The number of rotatable bonds is 6. The van der Waals surface area contributed by atoms with Crippen molar-refractivity contribution >= 4 is 62.1 Å². The molecule has 0 radical (unpaired) electrons. The van der Waals surface area contributed by atoms with Crippen molar-refractivity contribution in [3.05, 3.63) is 91.3 Å². The Hall–Kier alpha value is -2.74. The van der Waals surface area contributed by atoms with Gasteiger partial charge in [0.15, 0.2) is 16.7 Å². The number of hydrogen-bond donors (Lipinski definition) is 1. The zero-order valence-electron chi connectivity index (χ0n) is 18.8. The molecule has 0 unspecified atom stereocenters. The van der Waals surface area contributed by atoms with E-state index in [0.29, 0.717) is 33.2 Å². The van der Waals surface area contributed by atoms with Crippen molar-refractivity contribution < 1.29 is 14.3 Å². The maximum atomic E-state index is 12.5. The molecule has 1 amide bonds. The number of aliphatic imine (C=N–C) groups is 1. The predicted molar refractivity (Wildman–Crippen MR) is 143 cm³/mol. The second kappa shape index (κ2) is 10.7. The van der Waals surface area contributed by atoms with E-state index in [1.165, 1.54) is 11.8 Å².